The lowest BCUT2D eigenvalue weighted by molar-refractivity contribution is 0.217. The Morgan fingerprint density at radius 3 is 2.40 bits per heavy atom. The van der Waals surface area contributed by atoms with Gasteiger partial charge >= 0.3 is 0 Å². The molecular formula is C5H12N4O. The molecule has 0 fully saturated rings. The van der Waals surface area contributed by atoms with Crippen LogP contribution in [-0.4, -0.2) is 6.54 Å². The van der Waals surface area contributed by atoms with E-state index in [0.29, 0.717) is 12.2 Å². The molecule has 0 saturated heterocycles. The number of allylic oxidation sites excluding steroid dienone is 1. The molecule has 5 nitrogen and oxygen atoms in total. The molecule has 0 aliphatic heterocycles. The van der Waals surface area contributed by atoms with Crippen molar-refractivity contribution in [2.24, 2.45) is 23.1 Å². The maximum absolute atomic E-state index is 5.35. The quantitative estimate of drug-likeness (QED) is 0.218. The summed E-state index contributed by atoms with van der Waals surface area (Å²) < 4.78 is 0. The summed E-state index contributed by atoms with van der Waals surface area (Å²) in [4.78, 5) is 4.14. The lowest BCUT2D eigenvalue weighted by Crippen LogP contribution is -2.10. The normalized spacial score (nSPS) is 13.4. The molecule has 0 heterocycles. The van der Waals surface area contributed by atoms with E-state index in [1.807, 2.05) is 0 Å². The average Bonchev–Trinajstić information content (AvgIpc) is 1.88. The molecule has 0 aromatic carbocycles. The van der Waals surface area contributed by atoms with E-state index in [0.717, 1.165) is 0 Å². The van der Waals surface area contributed by atoms with Gasteiger partial charge in [0.15, 0.2) is 0 Å². The van der Waals surface area contributed by atoms with Gasteiger partial charge in [0, 0.05) is 18.3 Å². The molecule has 0 spiro atoms. The van der Waals surface area contributed by atoms with Crippen molar-refractivity contribution in [2.75, 3.05) is 6.54 Å². The highest BCUT2D eigenvalue weighted by atomic mass is 16.6. The minimum Gasteiger partial charge on any atom is -0.399 e. The van der Waals surface area contributed by atoms with E-state index >= 15 is 0 Å². The molecule has 0 aromatic rings. The van der Waals surface area contributed by atoms with Gasteiger partial charge < -0.3 is 22.0 Å². The molecule has 0 rings (SSSR count). The summed E-state index contributed by atoms with van der Waals surface area (Å²) in [7, 11) is 0. The van der Waals surface area contributed by atoms with Gasteiger partial charge in [-0.1, -0.05) is 0 Å². The molecule has 8 N–H and O–H groups in total. The smallest absolute Gasteiger partial charge is 0.211 e. The molecule has 0 bridgehead atoms. The number of hydrogen-bond acceptors (Lipinski definition) is 5. The number of hydrogen-bond donors (Lipinski definition) is 4. The van der Waals surface area contributed by atoms with E-state index in [4.69, 9.17) is 23.1 Å². The standard InChI is InChI=1S/C5H12N4O/c6-2-1-4(7)3-5(8)10-9/h1,3H,2,6-9H2/b4-1-,5-3+. The van der Waals surface area contributed by atoms with Crippen LogP contribution in [0.2, 0.25) is 0 Å². The van der Waals surface area contributed by atoms with E-state index in [1.54, 1.807) is 6.08 Å². The second-order valence-electron chi connectivity index (χ2n) is 1.60. The summed E-state index contributed by atoms with van der Waals surface area (Å²) >= 11 is 0. The Labute approximate surface area is 59.2 Å². The van der Waals surface area contributed by atoms with Gasteiger partial charge in [0.25, 0.3) is 0 Å². The molecule has 10 heavy (non-hydrogen) atoms. The first kappa shape index (κ1) is 8.80. The van der Waals surface area contributed by atoms with Gasteiger partial charge in [-0.2, -0.15) is 5.90 Å². The molecule has 0 amide bonds. The van der Waals surface area contributed by atoms with Crippen molar-refractivity contribution in [3.8, 4) is 0 Å². The molecule has 0 saturated carbocycles. The van der Waals surface area contributed by atoms with Crippen LogP contribution in [0, 0.1) is 0 Å². The van der Waals surface area contributed by atoms with Crippen molar-refractivity contribution in [3.05, 3.63) is 23.7 Å². The van der Waals surface area contributed by atoms with Crippen LogP contribution in [0.15, 0.2) is 23.7 Å². The Bertz CT molecular complexity index is 152. The van der Waals surface area contributed by atoms with Gasteiger partial charge in [0.2, 0.25) is 5.88 Å². The molecule has 0 atom stereocenters. The van der Waals surface area contributed by atoms with Crippen molar-refractivity contribution >= 4 is 0 Å². The Morgan fingerprint density at radius 1 is 1.40 bits per heavy atom. The second kappa shape index (κ2) is 4.66. The summed E-state index contributed by atoms with van der Waals surface area (Å²) in [6, 6.07) is 0. The minimum absolute atomic E-state index is 0.0576. The highest BCUT2D eigenvalue weighted by Gasteiger charge is 1.86. The SMILES string of the molecule is NC/C=C(N)/C=C(\N)ON. The fourth-order valence-electron chi connectivity index (χ4n) is 0.393. The highest BCUT2D eigenvalue weighted by molar-refractivity contribution is 5.16. The van der Waals surface area contributed by atoms with Crippen molar-refractivity contribution in [1.82, 2.24) is 0 Å². The zero-order chi connectivity index (χ0) is 7.98. The third-order valence-electron chi connectivity index (χ3n) is 0.799. The summed E-state index contributed by atoms with van der Waals surface area (Å²) in [5.41, 5.74) is 16.1. The van der Waals surface area contributed by atoms with Gasteiger partial charge in [0.1, 0.15) is 0 Å². The predicted octanol–water partition coefficient (Wildman–Crippen LogP) is -1.52. The summed E-state index contributed by atoms with van der Waals surface area (Å²) in [6.07, 6.45) is 2.97. The van der Waals surface area contributed by atoms with Gasteiger partial charge in [-0.15, -0.1) is 0 Å². The Hall–Kier alpha value is -1.20. The van der Waals surface area contributed by atoms with Crippen LogP contribution in [0.1, 0.15) is 0 Å². The van der Waals surface area contributed by atoms with Gasteiger partial charge in [-0.25, -0.2) is 0 Å². The summed E-state index contributed by atoms with van der Waals surface area (Å²) in [5.74, 6) is 4.77. The Kier molecular flexibility index (Phi) is 4.10. The van der Waals surface area contributed by atoms with Crippen LogP contribution in [0.25, 0.3) is 0 Å². The summed E-state index contributed by atoms with van der Waals surface area (Å²) in [6.45, 7) is 0.361. The van der Waals surface area contributed by atoms with Gasteiger partial charge in [0.05, 0.1) is 0 Å². The van der Waals surface area contributed by atoms with E-state index < -0.39 is 0 Å². The van der Waals surface area contributed by atoms with Crippen molar-refractivity contribution in [2.45, 2.75) is 0 Å². The third-order valence-corrected chi connectivity index (χ3v) is 0.799. The Morgan fingerprint density at radius 2 is 2.00 bits per heavy atom. The van der Waals surface area contributed by atoms with Crippen LogP contribution < -0.4 is 23.1 Å². The first-order chi connectivity index (χ1) is 4.70. The lowest BCUT2D eigenvalue weighted by atomic mass is 10.4. The van der Waals surface area contributed by atoms with Crippen molar-refractivity contribution in [1.29, 1.82) is 0 Å². The highest BCUT2D eigenvalue weighted by Crippen LogP contribution is 1.88. The van der Waals surface area contributed by atoms with Gasteiger partial charge in [-0.05, 0) is 6.08 Å². The van der Waals surface area contributed by atoms with Crippen LogP contribution in [0.3, 0.4) is 0 Å². The molecule has 0 unspecified atom stereocenters. The van der Waals surface area contributed by atoms with Gasteiger partial charge in [-0.3, -0.25) is 0 Å². The lowest BCUT2D eigenvalue weighted by Gasteiger charge is -1.96. The fraction of sp³-hybridized carbons (Fsp3) is 0.200. The van der Waals surface area contributed by atoms with Crippen LogP contribution >= 0.6 is 0 Å². The monoisotopic (exact) mass is 144 g/mol. The maximum atomic E-state index is 5.35. The minimum atomic E-state index is 0.0576. The maximum Gasteiger partial charge on any atom is 0.211 e. The van der Waals surface area contributed by atoms with E-state index in [2.05, 4.69) is 4.84 Å². The van der Waals surface area contributed by atoms with Crippen LogP contribution in [0.4, 0.5) is 0 Å². The van der Waals surface area contributed by atoms with Crippen molar-refractivity contribution in [3.63, 3.8) is 0 Å². The molecule has 58 valence electrons. The third kappa shape index (κ3) is 3.76. The topological polar surface area (TPSA) is 113 Å². The molecule has 0 aliphatic rings. The number of nitrogens with two attached hydrogens (primary N) is 4. The predicted molar refractivity (Wildman–Crippen MR) is 38.9 cm³/mol. The summed E-state index contributed by atoms with van der Waals surface area (Å²) in [5, 5.41) is 0. The zero-order valence-corrected chi connectivity index (χ0v) is 5.58. The van der Waals surface area contributed by atoms with E-state index in [1.165, 1.54) is 6.08 Å². The fourth-order valence-corrected chi connectivity index (χ4v) is 0.393. The molecule has 0 aliphatic carbocycles. The number of rotatable bonds is 3. The molecule has 0 aromatic heterocycles. The van der Waals surface area contributed by atoms with E-state index in [9.17, 15) is 0 Å². The zero-order valence-electron chi connectivity index (χ0n) is 5.58. The largest absolute Gasteiger partial charge is 0.399 e. The van der Waals surface area contributed by atoms with Crippen LogP contribution in [-0.2, 0) is 4.84 Å². The Balaban J connectivity index is 3.98. The van der Waals surface area contributed by atoms with Crippen LogP contribution in [0.5, 0.6) is 0 Å². The first-order valence-corrected chi connectivity index (χ1v) is 2.70. The first-order valence-electron chi connectivity index (χ1n) is 2.70. The van der Waals surface area contributed by atoms with Crippen molar-refractivity contribution < 1.29 is 4.84 Å². The molecule has 5 heteroatoms. The second-order valence-corrected chi connectivity index (χ2v) is 1.60. The molecular weight excluding hydrogens is 132 g/mol. The molecule has 0 radical (unpaired) electrons. The average molecular weight is 144 g/mol. The van der Waals surface area contributed by atoms with E-state index in [-0.39, 0.29) is 5.88 Å².